The van der Waals surface area contributed by atoms with E-state index in [1.54, 1.807) is 11.9 Å². The maximum atomic E-state index is 12.8. The van der Waals surface area contributed by atoms with Crippen LogP contribution in [0.25, 0.3) is 0 Å². The minimum atomic E-state index is -4.89. The molecule has 0 spiro atoms. The lowest BCUT2D eigenvalue weighted by Gasteiger charge is -2.29. The van der Waals surface area contributed by atoms with Gasteiger partial charge >= 0.3 is 6.36 Å². The molecular weight excluding hydrogens is 341 g/mol. The monoisotopic (exact) mass is 358 g/mol. The van der Waals surface area contributed by atoms with Gasteiger partial charge in [-0.3, -0.25) is 9.59 Å². The largest absolute Gasteiger partial charge is 0.573 e. The summed E-state index contributed by atoms with van der Waals surface area (Å²) in [7, 11) is 1.64. The van der Waals surface area contributed by atoms with E-state index in [9.17, 15) is 22.8 Å². The number of alkyl halides is 3. The highest BCUT2D eigenvalue weighted by Crippen LogP contribution is 2.28. The molecule has 136 valence electrons. The maximum Gasteiger partial charge on any atom is 0.573 e. The number of carbonyl (C=O) groups excluding carboxylic acids is 2. The van der Waals surface area contributed by atoms with Gasteiger partial charge in [0.25, 0.3) is 5.91 Å². The zero-order valence-electron chi connectivity index (χ0n) is 13.5. The molecule has 25 heavy (non-hydrogen) atoms. The average molecular weight is 358 g/mol. The SMILES string of the molecule is CN1C(=O)[C@H]2COC[C@@H]1CN(C(=O)c1ccccc1OC(F)(F)F)C2. The predicted octanol–water partition coefficient (Wildman–Crippen LogP) is 1.51. The summed E-state index contributed by atoms with van der Waals surface area (Å²) in [5, 5.41) is 0. The van der Waals surface area contributed by atoms with E-state index in [-0.39, 0.29) is 43.8 Å². The Morgan fingerprint density at radius 3 is 2.68 bits per heavy atom. The van der Waals surface area contributed by atoms with E-state index >= 15 is 0 Å². The van der Waals surface area contributed by atoms with Crippen LogP contribution in [0.4, 0.5) is 13.2 Å². The zero-order chi connectivity index (χ0) is 18.2. The molecule has 2 saturated heterocycles. The lowest BCUT2D eigenvalue weighted by molar-refractivity contribution is -0.274. The van der Waals surface area contributed by atoms with Crippen molar-refractivity contribution in [2.24, 2.45) is 5.92 Å². The van der Waals surface area contributed by atoms with E-state index in [4.69, 9.17) is 4.74 Å². The maximum absolute atomic E-state index is 12.8. The highest BCUT2D eigenvalue weighted by Gasteiger charge is 2.40. The molecule has 9 heteroatoms. The Balaban J connectivity index is 1.88. The number of carbonyl (C=O) groups is 2. The minimum Gasteiger partial charge on any atom is -0.405 e. The van der Waals surface area contributed by atoms with E-state index in [1.807, 2.05) is 0 Å². The van der Waals surface area contributed by atoms with Gasteiger partial charge in [-0.25, -0.2) is 0 Å². The van der Waals surface area contributed by atoms with Crippen molar-refractivity contribution < 1.29 is 32.2 Å². The van der Waals surface area contributed by atoms with Crippen LogP contribution in [0.5, 0.6) is 5.75 Å². The summed E-state index contributed by atoms with van der Waals surface area (Å²) in [6.45, 7) is 0.754. The van der Waals surface area contributed by atoms with Crippen molar-refractivity contribution >= 4 is 11.8 Å². The number of para-hydroxylation sites is 1. The van der Waals surface area contributed by atoms with Gasteiger partial charge < -0.3 is 19.3 Å². The molecule has 2 atom stereocenters. The third-order valence-electron chi connectivity index (χ3n) is 4.38. The number of amides is 2. The number of benzene rings is 1. The molecule has 0 aromatic heterocycles. The van der Waals surface area contributed by atoms with E-state index in [2.05, 4.69) is 4.74 Å². The fourth-order valence-corrected chi connectivity index (χ4v) is 3.09. The molecule has 2 aliphatic heterocycles. The van der Waals surface area contributed by atoms with Crippen molar-refractivity contribution in [3.8, 4) is 5.75 Å². The summed E-state index contributed by atoms with van der Waals surface area (Å²) < 4.78 is 47.1. The molecule has 0 N–H and O–H groups in total. The number of hydrogen-bond donors (Lipinski definition) is 0. The summed E-state index contributed by atoms with van der Waals surface area (Å²) in [6, 6.07) is 4.88. The van der Waals surface area contributed by atoms with Gasteiger partial charge in [0.2, 0.25) is 5.91 Å². The Morgan fingerprint density at radius 1 is 1.24 bits per heavy atom. The second-order valence-electron chi connectivity index (χ2n) is 6.09. The standard InChI is InChI=1S/C16H17F3N2O4/c1-20-11-7-21(6-10(14(20)22)8-24-9-11)15(23)12-4-2-3-5-13(12)25-16(17,18)19/h2-5,10-11H,6-9H2,1H3/t10-,11+/m1/s1. The molecule has 1 aromatic carbocycles. The quantitative estimate of drug-likeness (QED) is 0.804. The first kappa shape index (κ1) is 17.5. The van der Waals surface area contributed by atoms with Gasteiger partial charge in [0, 0.05) is 20.1 Å². The number of likely N-dealkylation sites (N-methyl/N-ethyl adjacent to an activating group) is 1. The summed E-state index contributed by atoms with van der Waals surface area (Å²) in [5.41, 5.74) is -0.184. The van der Waals surface area contributed by atoms with Crippen LogP contribution in [0, 0.1) is 5.92 Å². The van der Waals surface area contributed by atoms with Crippen molar-refractivity contribution in [2.75, 3.05) is 33.4 Å². The van der Waals surface area contributed by atoms with Crippen LogP contribution in [-0.4, -0.2) is 67.4 Å². The van der Waals surface area contributed by atoms with Gasteiger partial charge in [0.1, 0.15) is 5.75 Å². The second kappa shape index (κ2) is 6.55. The van der Waals surface area contributed by atoms with Crippen LogP contribution in [0.3, 0.4) is 0 Å². The van der Waals surface area contributed by atoms with Crippen molar-refractivity contribution in [2.45, 2.75) is 12.4 Å². The van der Waals surface area contributed by atoms with Crippen LogP contribution >= 0.6 is 0 Å². The Hall–Kier alpha value is -2.29. The lowest BCUT2D eigenvalue weighted by atomic mass is 10.1. The average Bonchev–Trinajstić information content (AvgIpc) is 2.71. The van der Waals surface area contributed by atoms with Crippen LogP contribution in [0.1, 0.15) is 10.4 Å². The van der Waals surface area contributed by atoms with Crippen molar-refractivity contribution in [1.82, 2.24) is 9.80 Å². The van der Waals surface area contributed by atoms with E-state index in [1.165, 1.54) is 23.1 Å². The molecule has 0 aliphatic carbocycles. The smallest absolute Gasteiger partial charge is 0.405 e. The molecule has 2 amide bonds. The first-order chi connectivity index (χ1) is 11.8. The van der Waals surface area contributed by atoms with E-state index in [0.717, 1.165) is 6.07 Å². The number of halogens is 3. The van der Waals surface area contributed by atoms with Crippen molar-refractivity contribution in [3.05, 3.63) is 29.8 Å². The summed E-state index contributed by atoms with van der Waals surface area (Å²) in [4.78, 5) is 28.1. The molecule has 3 rings (SSSR count). The number of ether oxygens (including phenoxy) is 2. The number of fused-ring (bicyclic) bond motifs is 3. The zero-order valence-corrected chi connectivity index (χ0v) is 13.5. The Kier molecular flexibility index (Phi) is 4.59. The molecule has 2 aliphatic rings. The normalized spacial score (nSPS) is 24.1. The number of nitrogens with zero attached hydrogens (tertiary/aromatic N) is 2. The highest BCUT2D eigenvalue weighted by atomic mass is 19.4. The van der Waals surface area contributed by atoms with Crippen molar-refractivity contribution in [3.63, 3.8) is 0 Å². The first-order valence-electron chi connectivity index (χ1n) is 7.74. The Labute approximate surface area is 142 Å². The van der Waals surface area contributed by atoms with Gasteiger partial charge in [0.05, 0.1) is 30.7 Å². The van der Waals surface area contributed by atoms with Crippen LogP contribution in [-0.2, 0) is 9.53 Å². The fourth-order valence-electron chi connectivity index (χ4n) is 3.09. The molecule has 2 fully saturated rings. The van der Waals surface area contributed by atoms with Crippen LogP contribution < -0.4 is 4.74 Å². The Bertz CT molecular complexity index is 680. The molecule has 1 aromatic rings. The second-order valence-corrected chi connectivity index (χ2v) is 6.09. The first-order valence-corrected chi connectivity index (χ1v) is 7.74. The van der Waals surface area contributed by atoms with Gasteiger partial charge in [-0.2, -0.15) is 0 Å². The molecule has 0 saturated carbocycles. The molecule has 0 radical (unpaired) electrons. The highest BCUT2D eigenvalue weighted by molar-refractivity contribution is 5.97. The summed E-state index contributed by atoms with van der Waals surface area (Å²) in [5.74, 6) is -1.81. The summed E-state index contributed by atoms with van der Waals surface area (Å²) in [6.07, 6.45) is -4.89. The third-order valence-corrected chi connectivity index (χ3v) is 4.38. The van der Waals surface area contributed by atoms with Crippen LogP contribution in [0.2, 0.25) is 0 Å². The van der Waals surface area contributed by atoms with Crippen molar-refractivity contribution in [1.29, 1.82) is 0 Å². The Morgan fingerprint density at radius 2 is 1.96 bits per heavy atom. The molecule has 0 unspecified atom stereocenters. The van der Waals surface area contributed by atoms with Gasteiger partial charge in [0.15, 0.2) is 0 Å². The fraction of sp³-hybridized carbons (Fsp3) is 0.500. The molecular formula is C16H17F3N2O4. The number of rotatable bonds is 2. The van der Waals surface area contributed by atoms with Gasteiger partial charge in [-0.15, -0.1) is 13.2 Å². The number of hydrogen-bond acceptors (Lipinski definition) is 4. The summed E-state index contributed by atoms with van der Waals surface area (Å²) >= 11 is 0. The molecule has 6 nitrogen and oxygen atoms in total. The lowest BCUT2D eigenvalue weighted by Crippen LogP contribution is -2.45. The molecule has 2 heterocycles. The topological polar surface area (TPSA) is 59.1 Å². The van der Waals surface area contributed by atoms with Gasteiger partial charge in [-0.1, -0.05) is 12.1 Å². The molecule has 2 bridgehead atoms. The third kappa shape index (κ3) is 3.71. The van der Waals surface area contributed by atoms with Gasteiger partial charge in [-0.05, 0) is 12.1 Å². The minimum absolute atomic E-state index is 0.0961. The van der Waals surface area contributed by atoms with Crippen LogP contribution in [0.15, 0.2) is 24.3 Å². The van der Waals surface area contributed by atoms with E-state index < -0.39 is 23.9 Å². The predicted molar refractivity (Wildman–Crippen MR) is 79.9 cm³/mol. The van der Waals surface area contributed by atoms with E-state index in [0.29, 0.717) is 0 Å².